The molecule has 2 aromatic carbocycles. The van der Waals surface area contributed by atoms with Gasteiger partial charge in [0, 0.05) is 16.1 Å². The number of esters is 1. The van der Waals surface area contributed by atoms with Crippen molar-refractivity contribution in [2.75, 3.05) is 11.9 Å². The Kier molecular flexibility index (Phi) is 5.58. The molecule has 0 spiro atoms. The van der Waals surface area contributed by atoms with Crippen molar-refractivity contribution in [1.82, 2.24) is 0 Å². The van der Waals surface area contributed by atoms with Crippen molar-refractivity contribution in [3.63, 3.8) is 0 Å². The number of ether oxygens (including phenoxy) is 1. The Morgan fingerprint density at radius 2 is 2.00 bits per heavy atom. The first-order chi connectivity index (χ1) is 12.6. The Balaban J connectivity index is 1.72. The molecule has 1 amide bonds. The molecular weight excluding hydrogens is 354 g/mol. The average molecular weight is 372 g/mol. The van der Waals surface area contributed by atoms with Crippen LogP contribution in [0.1, 0.15) is 40.7 Å². The molecule has 0 saturated heterocycles. The fourth-order valence-electron chi connectivity index (χ4n) is 2.44. The van der Waals surface area contributed by atoms with Crippen LogP contribution < -0.4 is 5.32 Å². The number of halogens is 1. The Bertz CT molecular complexity index is 948. The number of carbonyl (C=O) groups is 2. The second kappa shape index (κ2) is 8.06. The lowest BCUT2D eigenvalue weighted by molar-refractivity contribution is 0.0499. The van der Waals surface area contributed by atoms with Crippen LogP contribution in [0.2, 0.25) is 5.02 Å². The summed E-state index contributed by atoms with van der Waals surface area (Å²) < 4.78 is 10.7. The number of nitrogens with one attached hydrogen (secondary N) is 1. The fraction of sp³-hybridized carbons (Fsp3) is 0.200. The van der Waals surface area contributed by atoms with Crippen LogP contribution in [0.3, 0.4) is 0 Å². The summed E-state index contributed by atoms with van der Waals surface area (Å²) in [5.74, 6) is -0.653. The van der Waals surface area contributed by atoms with Gasteiger partial charge in [0.2, 0.25) is 0 Å². The van der Waals surface area contributed by atoms with Crippen molar-refractivity contribution < 1.29 is 18.7 Å². The van der Waals surface area contributed by atoms with Crippen LogP contribution in [0.15, 0.2) is 52.9 Å². The zero-order valence-electron chi connectivity index (χ0n) is 14.3. The van der Waals surface area contributed by atoms with Gasteiger partial charge in [0.15, 0.2) is 5.76 Å². The number of fused-ring (bicyclic) bond motifs is 1. The van der Waals surface area contributed by atoms with Gasteiger partial charge in [-0.1, -0.05) is 31.0 Å². The molecule has 3 rings (SSSR count). The third-order valence-corrected chi connectivity index (χ3v) is 4.02. The molecule has 1 aromatic heterocycles. The van der Waals surface area contributed by atoms with E-state index < -0.39 is 11.9 Å². The third-order valence-electron chi connectivity index (χ3n) is 3.79. The first kappa shape index (κ1) is 18.0. The number of unbranched alkanes of at least 4 members (excludes halogenated alkanes) is 1. The van der Waals surface area contributed by atoms with Gasteiger partial charge in [-0.15, -0.1) is 0 Å². The molecule has 134 valence electrons. The van der Waals surface area contributed by atoms with Gasteiger partial charge in [-0.2, -0.15) is 0 Å². The van der Waals surface area contributed by atoms with E-state index in [2.05, 4.69) is 5.32 Å². The summed E-state index contributed by atoms with van der Waals surface area (Å²) in [6, 6.07) is 13.4. The lowest BCUT2D eigenvalue weighted by atomic mass is 10.2. The van der Waals surface area contributed by atoms with Crippen LogP contribution >= 0.6 is 11.6 Å². The zero-order valence-corrected chi connectivity index (χ0v) is 15.0. The SMILES string of the molecule is CCCCOC(=O)c1cccc(NC(=O)c2cc3cc(Cl)ccc3o2)c1. The smallest absolute Gasteiger partial charge is 0.338 e. The maximum atomic E-state index is 12.4. The lowest BCUT2D eigenvalue weighted by Crippen LogP contribution is -2.12. The highest BCUT2D eigenvalue weighted by molar-refractivity contribution is 6.31. The van der Waals surface area contributed by atoms with E-state index in [0.717, 1.165) is 18.2 Å². The van der Waals surface area contributed by atoms with Crippen molar-refractivity contribution >= 4 is 40.1 Å². The highest BCUT2D eigenvalue weighted by atomic mass is 35.5. The minimum atomic E-state index is -0.409. The predicted octanol–water partition coefficient (Wildman–Crippen LogP) is 5.30. The molecule has 0 aliphatic rings. The maximum absolute atomic E-state index is 12.4. The van der Waals surface area contributed by atoms with Crippen molar-refractivity contribution in [1.29, 1.82) is 0 Å². The van der Waals surface area contributed by atoms with E-state index in [1.54, 1.807) is 48.5 Å². The summed E-state index contributed by atoms with van der Waals surface area (Å²) in [5, 5.41) is 4.04. The summed E-state index contributed by atoms with van der Waals surface area (Å²) in [6.45, 7) is 2.41. The number of hydrogen-bond donors (Lipinski definition) is 1. The van der Waals surface area contributed by atoms with E-state index in [9.17, 15) is 9.59 Å². The molecular formula is C20H18ClNO4. The summed E-state index contributed by atoms with van der Waals surface area (Å²) in [6.07, 6.45) is 1.77. The van der Waals surface area contributed by atoms with E-state index >= 15 is 0 Å². The van der Waals surface area contributed by atoms with Crippen molar-refractivity contribution in [2.24, 2.45) is 0 Å². The van der Waals surface area contributed by atoms with Crippen LogP contribution in [-0.4, -0.2) is 18.5 Å². The molecule has 0 unspecified atom stereocenters. The molecule has 0 fully saturated rings. The predicted molar refractivity (Wildman–Crippen MR) is 101 cm³/mol. The Morgan fingerprint density at radius 3 is 2.81 bits per heavy atom. The monoisotopic (exact) mass is 371 g/mol. The molecule has 0 atom stereocenters. The number of hydrogen-bond acceptors (Lipinski definition) is 4. The van der Waals surface area contributed by atoms with Gasteiger partial charge in [0.1, 0.15) is 5.58 Å². The van der Waals surface area contributed by atoms with E-state index in [1.807, 2.05) is 6.92 Å². The lowest BCUT2D eigenvalue weighted by Gasteiger charge is -2.07. The molecule has 26 heavy (non-hydrogen) atoms. The number of benzene rings is 2. The topological polar surface area (TPSA) is 68.5 Å². The standard InChI is InChI=1S/C20H18ClNO4/c1-2-3-9-25-20(24)13-5-4-6-16(11-13)22-19(23)18-12-14-10-15(21)7-8-17(14)26-18/h4-8,10-12H,2-3,9H2,1H3,(H,22,23). The Morgan fingerprint density at radius 1 is 1.15 bits per heavy atom. The zero-order chi connectivity index (χ0) is 18.5. The first-order valence-corrected chi connectivity index (χ1v) is 8.72. The number of anilines is 1. The average Bonchev–Trinajstić information content (AvgIpc) is 3.05. The number of rotatable bonds is 6. The van der Waals surface area contributed by atoms with Crippen LogP contribution in [0.25, 0.3) is 11.0 Å². The van der Waals surface area contributed by atoms with Crippen LogP contribution in [-0.2, 0) is 4.74 Å². The highest BCUT2D eigenvalue weighted by Crippen LogP contribution is 2.24. The van der Waals surface area contributed by atoms with Crippen LogP contribution in [0.5, 0.6) is 0 Å². The van der Waals surface area contributed by atoms with Gasteiger partial charge in [-0.3, -0.25) is 4.79 Å². The molecule has 0 radical (unpaired) electrons. The Hall–Kier alpha value is -2.79. The van der Waals surface area contributed by atoms with E-state index in [4.69, 9.17) is 20.8 Å². The summed E-state index contributed by atoms with van der Waals surface area (Å²) in [7, 11) is 0. The summed E-state index contributed by atoms with van der Waals surface area (Å²) in [5.41, 5.74) is 1.45. The second-order valence-electron chi connectivity index (χ2n) is 5.82. The summed E-state index contributed by atoms with van der Waals surface area (Å²) >= 11 is 5.94. The number of carbonyl (C=O) groups excluding carboxylic acids is 2. The van der Waals surface area contributed by atoms with Crippen molar-refractivity contribution in [2.45, 2.75) is 19.8 Å². The molecule has 0 aliphatic heterocycles. The van der Waals surface area contributed by atoms with Gasteiger partial charge in [0.25, 0.3) is 5.91 Å². The molecule has 0 aliphatic carbocycles. The maximum Gasteiger partial charge on any atom is 0.338 e. The van der Waals surface area contributed by atoms with E-state index in [1.165, 1.54) is 0 Å². The van der Waals surface area contributed by atoms with Gasteiger partial charge >= 0.3 is 5.97 Å². The molecule has 5 nitrogen and oxygen atoms in total. The summed E-state index contributed by atoms with van der Waals surface area (Å²) in [4.78, 5) is 24.4. The largest absolute Gasteiger partial charge is 0.462 e. The van der Waals surface area contributed by atoms with Gasteiger partial charge in [-0.25, -0.2) is 4.79 Å². The van der Waals surface area contributed by atoms with Crippen molar-refractivity contribution in [3.8, 4) is 0 Å². The second-order valence-corrected chi connectivity index (χ2v) is 6.25. The minimum absolute atomic E-state index is 0.165. The quantitative estimate of drug-likeness (QED) is 0.472. The minimum Gasteiger partial charge on any atom is -0.462 e. The Labute approximate surface area is 155 Å². The number of amides is 1. The molecule has 3 aromatic rings. The molecule has 6 heteroatoms. The molecule has 1 heterocycles. The fourth-order valence-corrected chi connectivity index (χ4v) is 2.62. The van der Waals surface area contributed by atoms with Crippen LogP contribution in [0, 0.1) is 0 Å². The molecule has 0 saturated carbocycles. The number of furan rings is 1. The van der Waals surface area contributed by atoms with Gasteiger partial charge < -0.3 is 14.5 Å². The highest BCUT2D eigenvalue weighted by Gasteiger charge is 2.14. The van der Waals surface area contributed by atoms with E-state index in [0.29, 0.717) is 28.5 Å². The first-order valence-electron chi connectivity index (χ1n) is 8.34. The van der Waals surface area contributed by atoms with Gasteiger partial charge in [0.05, 0.1) is 12.2 Å². The molecule has 0 bridgehead atoms. The van der Waals surface area contributed by atoms with E-state index in [-0.39, 0.29) is 5.76 Å². The molecule has 1 N–H and O–H groups in total. The van der Waals surface area contributed by atoms with Gasteiger partial charge in [-0.05, 0) is 48.9 Å². The van der Waals surface area contributed by atoms with Crippen LogP contribution in [0.4, 0.5) is 5.69 Å². The normalized spacial score (nSPS) is 10.7. The third kappa shape index (κ3) is 4.24. The van der Waals surface area contributed by atoms with Crippen molar-refractivity contribution in [3.05, 3.63) is 64.9 Å².